The van der Waals surface area contributed by atoms with Crippen LogP contribution in [0.4, 0.5) is 13.2 Å². The highest BCUT2D eigenvalue weighted by Gasteiger charge is 2.36. The lowest BCUT2D eigenvalue weighted by Crippen LogP contribution is -1.97. The van der Waals surface area contributed by atoms with E-state index in [0.29, 0.717) is 47.0 Å². The summed E-state index contributed by atoms with van der Waals surface area (Å²) in [6, 6.07) is 14.9. The smallest absolute Gasteiger partial charge is 0.194 e. The molecule has 262 valence electrons. The molecule has 0 radical (unpaired) electrons. The maximum Gasteiger partial charge on any atom is 0.194 e. The van der Waals surface area contributed by atoms with Crippen molar-refractivity contribution in [1.82, 2.24) is 0 Å². The largest absolute Gasteiger partial charge is 0.492 e. The number of allylic oxidation sites excluding steroid dienone is 6. The first-order chi connectivity index (χ1) is 26.0. The Morgan fingerprint density at radius 1 is 0.630 bits per heavy atom. The summed E-state index contributed by atoms with van der Waals surface area (Å²) >= 11 is 2.48. The molecular formula is C41H21F3N4O4S2. The third-order valence-corrected chi connectivity index (χ3v) is 11.1. The third-order valence-electron chi connectivity index (χ3n) is 8.92. The highest BCUT2D eigenvalue weighted by molar-refractivity contribution is 7.22. The Hall–Kier alpha value is -6.77. The molecule has 13 heteroatoms. The number of carbonyl (C=O) groups is 2. The van der Waals surface area contributed by atoms with E-state index in [-0.39, 0.29) is 63.3 Å². The topological polar surface area (TPSA) is 148 Å². The minimum atomic E-state index is -1.24. The quantitative estimate of drug-likeness (QED) is 0.123. The van der Waals surface area contributed by atoms with Gasteiger partial charge in [-0.1, -0.05) is 0 Å². The first-order valence-electron chi connectivity index (χ1n) is 16.2. The lowest BCUT2D eigenvalue weighted by Gasteiger charge is -2.11. The number of rotatable bonds is 6. The number of carbonyl (C=O) groups excluding carboxylic acids is 2. The molecule has 2 heterocycles. The van der Waals surface area contributed by atoms with Crippen LogP contribution in [0.15, 0.2) is 58.7 Å². The number of Topliss-reactive ketones (excluding diaryl/α,β-unsaturated/α-hetero) is 2. The second-order valence-electron chi connectivity index (χ2n) is 12.0. The van der Waals surface area contributed by atoms with Crippen LogP contribution in [-0.4, -0.2) is 24.8 Å². The molecule has 3 aromatic carbocycles. The van der Waals surface area contributed by atoms with E-state index in [1.54, 1.807) is 44.2 Å². The van der Waals surface area contributed by atoms with Crippen molar-refractivity contribution < 1.29 is 32.2 Å². The Bertz CT molecular complexity index is 2600. The fraction of sp³-hybridized carbons (Fsp3) is 0.122. The molecule has 5 aromatic rings. The number of ketones is 2. The normalized spacial score (nSPS) is 14.6. The first kappa shape index (κ1) is 35.6. The molecule has 2 aromatic heterocycles. The number of nitriles is 4. The van der Waals surface area contributed by atoms with Crippen molar-refractivity contribution in [3.63, 3.8) is 0 Å². The van der Waals surface area contributed by atoms with Gasteiger partial charge in [0.1, 0.15) is 52.7 Å². The average Bonchev–Trinajstić information content (AvgIpc) is 3.89. The van der Waals surface area contributed by atoms with Gasteiger partial charge in [0, 0.05) is 53.9 Å². The van der Waals surface area contributed by atoms with E-state index in [4.69, 9.17) is 9.47 Å². The second kappa shape index (κ2) is 13.7. The minimum Gasteiger partial charge on any atom is -0.492 e. The summed E-state index contributed by atoms with van der Waals surface area (Å²) in [6.07, 6.45) is 3.02. The fourth-order valence-corrected chi connectivity index (χ4v) is 8.88. The van der Waals surface area contributed by atoms with Crippen LogP contribution < -0.4 is 9.47 Å². The van der Waals surface area contributed by atoms with Crippen molar-refractivity contribution >= 4 is 77.7 Å². The summed E-state index contributed by atoms with van der Waals surface area (Å²) in [5.74, 6) is -3.37. The van der Waals surface area contributed by atoms with Crippen LogP contribution in [0.1, 0.15) is 61.0 Å². The Kier molecular flexibility index (Phi) is 9.01. The van der Waals surface area contributed by atoms with Crippen LogP contribution in [0.25, 0.3) is 43.5 Å². The van der Waals surface area contributed by atoms with Crippen molar-refractivity contribution in [3.05, 3.63) is 114 Å². The maximum absolute atomic E-state index is 14.6. The molecule has 0 fully saturated rings. The number of hydrogen-bond donors (Lipinski definition) is 0. The molecule has 8 nitrogen and oxygen atoms in total. The molecular weight excluding hydrogens is 734 g/mol. The van der Waals surface area contributed by atoms with Gasteiger partial charge >= 0.3 is 0 Å². The van der Waals surface area contributed by atoms with E-state index in [1.807, 2.05) is 12.1 Å². The number of ether oxygens (including phenoxy) is 2. The van der Waals surface area contributed by atoms with Gasteiger partial charge in [-0.2, -0.15) is 21.0 Å². The van der Waals surface area contributed by atoms with Crippen molar-refractivity contribution in [3.8, 4) is 35.8 Å². The average molecular weight is 755 g/mol. The van der Waals surface area contributed by atoms with E-state index in [1.165, 1.54) is 41.7 Å². The minimum absolute atomic E-state index is 0.0457. The van der Waals surface area contributed by atoms with Crippen molar-refractivity contribution in [1.29, 1.82) is 21.0 Å². The van der Waals surface area contributed by atoms with Crippen molar-refractivity contribution in [2.75, 3.05) is 13.2 Å². The zero-order chi connectivity index (χ0) is 38.6. The molecule has 0 spiro atoms. The van der Waals surface area contributed by atoms with Crippen molar-refractivity contribution in [2.45, 2.75) is 20.8 Å². The maximum atomic E-state index is 14.6. The fourth-order valence-electron chi connectivity index (χ4n) is 6.65. The van der Waals surface area contributed by atoms with Gasteiger partial charge in [-0.3, -0.25) is 9.59 Å². The summed E-state index contributed by atoms with van der Waals surface area (Å²) in [5.41, 5.74) is -0.373. The lowest BCUT2D eigenvalue weighted by atomic mass is 9.98. The first-order valence-corrected chi connectivity index (χ1v) is 17.8. The predicted molar refractivity (Wildman–Crippen MR) is 198 cm³/mol. The standard InChI is InChI=1S/C41H21F3N4O4S2/c1-4-51-38-29-9-21(7-27-34(19(14-45)15-46)23-6-18(3)31(42)12-25(23)36(27)49)53-40(29)39(52-5-2)30-10-22(54-41(30)38)8-28-35(20(16-47)17-48)24-11-32(43)33(44)13-26(24)37(28)50/h6-13H,4-5H2,1-3H3/b27-7-,28-8-. The molecule has 7 rings (SSSR count). The number of aryl methyl sites for hydroxylation is 1. The zero-order valence-electron chi connectivity index (χ0n) is 28.4. The van der Waals surface area contributed by atoms with Crippen LogP contribution in [-0.2, 0) is 0 Å². The number of nitrogens with zero attached hydrogens (tertiary/aromatic N) is 4. The van der Waals surface area contributed by atoms with Gasteiger partial charge in [0.15, 0.2) is 23.2 Å². The van der Waals surface area contributed by atoms with Gasteiger partial charge in [0.2, 0.25) is 0 Å². The summed E-state index contributed by atoms with van der Waals surface area (Å²) in [4.78, 5) is 28.3. The van der Waals surface area contributed by atoms with E-state index in [9.17, 15) is 43.8 Å². The molecule has 0 amide bonds. The van der Waals surface area contributed by atoms with E-state index in [2.05, 4.69) is 0 Å². The number of thiophene rings is 2. The van der Waals surface area contributed by atoms with E-state index >= 15 is 0 Å². The molecule has 0 bridgehead atoms. The molecule has 2 aliphatic rings. The Morgan fingerprint density at radius 2 is 1.02 bits per heavy atom. The monoisotopic (exact) mass is 754 g/mol. The molecule has 2 aliphatic carbocycles. The highest BCUT2D eigenvalue weighted by Crippen LogP contribution is 2.52. The molecule has 0 N–H and O–H groups in total. The van der Waals surface area contributed by atoms with Gasteiger partial charge in [-0.25, -0.2) is 13.2 Å². The van der Waals surface area contributed by atoms with Crippen molar-refractivity contribution in [2.24, 2.45) is 0 Å². The molecule has 0 atom stereocenters. The lowest BCUT2D eigenvalue weighted by molar-refractivity contribution is 0.103. The van der Waals surface area contributed by atoms with Gasteiger partial charge in [-0.15, -0.1) is 22.7 Å². The predicted octanol–water partition coefficient (Wildman–Crippen LogP) is 9.80. The molecule has 0 saturated carbocycles. The molecule has 0 unspecified atom stereocenters. The van der Waals surface area contributed by atoms with Crippen LogP contribution in [0, 0.1) is 69.7 Å². The Morgan fingerprint density at radius 3 is 1.43 bits per heavy atom. The summed E-state index contributed by atoms with van der Waals surface area (Å²) in [5, 5.41) is 40.3. The van der Waals surface area contributed by atoms with Crippen LogP contribution in [0.3, 0.4) is 0 Å². The van der Waals surface area contributed by atoms with Crippen LogP contribution >= 0.6 is 22.7 Å². The van der Waals surface area contributed by atoms with Crippen LogP contribution in [0.2, 0.25) is 0 Å². The van der Waals surface area contributed by atoms with Gasteiger partial charge in [0.25, 0.3) is 0 Å². The zero-order valence-corrected chi connectivity index (χ0v) is 30.0. The molecule has 0 aliphatic heterocycles. The number of halogens is 3. The summed E-state index contributed by atoms with van der Waals surface area (Å²) in [6.45, 7) is 5.63. The molecule has 54 heavy (non-hydrogen) atoms. The van der Waals surface area contributed by atoms with Gasteiger partial charge in [-0.05, 0) is 86.0 Å². The van der Waals surface area contributed by atoms with E-state index < -0.39 is 34.6 Å². The summed E-state index contributed by atoms with van der Waals surface area (Å²) < 4.78 is 56.8. The number of fused-ring (bicyclic) bond motifs is 4. The number of hydrogen-bond acceptors (Lipinski definition) is 10. The number of benzene rings is 3. The third kappa shape index (κ3) is 5.47. The molecule has 0 saturated heterocycles. The van der Waals surface area contributed by atoms with Gasteiger partial charge < -0.3 is 9.47 Å². The second-order valence-corrected chi connectivity index (χ2v) is 14.2. The highest BCUT2D eigenvalue weighted by atomic mass is 32.1. The van der Waals surface area contributed by atoms with Crippen LogP contribution in [0.5, 0.6) is 11.5 Å². The Labute approximate surface area is 313 Å². The Balaban J connectivity index is 1.44. The van der Waals surface area contributed by atoms with Gasteiger partial charge in [0.05, 0.1) is 22.6 Å². The summed E-state index contributed by atoms with van der Waals surface area (Å²) in [7, 11) is 0. The van der Waals surface area contributed by atoms with E-state index in [0.717, 1.165) is 18.2 Å². The SMILES string of the molecule is CCOc1c2cc(/C=C3\C(=O)c4cc(F)c(F)cc4C3=C(C#N)C#N)sc2c(OCC)c2cc(/C=C3\C(=O)c4cc(F)c(C)cc4C3=C(C#N)C#N)sc12.